The average molecular weight is 438 g/mol. The van der Waals surface area contributed by atoms with Gasteiger partial charge in [0.15, 0.2) is 6.61 Å². The second-order valence-corrected chi connectivity index (χ2v) is 8.29. The molecule has 0 bridgehead atoms. The maximum atomic E-state index is 12.6. The number of aryl methyl sites for hydroxylation is 1. The van der Waals surface area contributed by atoms with Crippen molar-refractivity contribution in [2.75, 3.05) is 18.8 Å². The van der Waals surface area contributed by atoms with Gasteiger partial charge in [0.1, 0.15) is 0 Å². The summed E-state index contributed by atoms with van der Waals surface area (Å²) in [5, 5.41) is 3.98. The molecular formula is C23H23N3O4S. The average Bonchev–Trinajstić information content (AvgIpc) is 3.49. The summed E-state index contributed by atoms with van der Waals surface area (Å²) in [6.45, 7) is 3.48. The van der Waals surface area contributed by atoms with Crippen molar-refractivity contribution < 1.29 is 18.8 Å². The molecule has 0 saturated carbocycles. The summed E-state index contributed by atoms with van der Waals surface area (Å²) in [5.74, 6) is 0.586. The van der Waals surface area contributed by atoms with Crippen molar-refractivity contribution in [3.8, 4) is 11.4 Å². The Morgan fingerprint density at radius 2 is 1.84 bits per heavy atom. The minimum atomic E-state index is -0.493. The largest absolute Gasteiger partial charge is 0.452 e. The Kier molecular flexibility index (Phi) is 6.66. The SMILES string of the molecule is Cc1ccccc1-c1noc(COC(=O)c2ccccc2SCC(=O)N2CCCC2)n1. The lowest BCUT2D eigenvalue weighted by Gasteiger charge is -2.15. The molecule has 0 aliphatic carbocycles. The van der Waals surface area contributed by atoms with Gasteiger partial charge < -0.3 is 14.2 Å². The van der Waals surface area contributed by atoms with Crippen LogP contribution in [0.3, 0.4) is 0 Å². The third kappa shape index (κ3) is 5.14. The molecule has 1 amide bonds. The topological polar surface area (TPSA) is 85.5 Å². The highest BCUT2D eigenvalue weighted by atomic mass is 32.2. The lowest BCUT2D eigenvalue weighted by molar-refractivity contribution is -0.127. The molecule has 8 heteroatoms. The zero-order valence-corrected chi connectivity index (χ0v) is 18.1. The zero-order chi connectivity index (χ0) is 21.6. The maximum absolute atomic E-state index is 12.6. The van der Waals surface area contributed by atoms with Crippen LogP contribution in [0.5, 0.6) is 0 Å². The van der Waals surface area contributed by atoms with Crippen LogP contribution < -0.4 is 0 Å². The normalized spacial score (nSPS) is 13.4. The number of esters is 1. The van der Waals surface area contributed by atoms with Crippen molar-refractivity contribution in [3.05, 3.63) is 65.5 Å². The molecule has 31 heavy (non-hydrogen) atoms. The third-order valence-electron chi connectivity index (χ3n) is 5.10. The van der Waals surface area contributed by atoms with Crippen molar-refractivity contribution in [1.29, 1.82) is 0 Å². The van der Waals surface area contributed by atoms with E-state index in [1.54, 1.807) is 12.1 Å². The van der Waals surface area contributed by atoms with Crippen LogP contribution >= 0.6 is 11.8 Å². The molecule has 2 heterocycles. The Bertz CT molecular complexity index is 1080. The Labute approximate surface area is 184 Å². The van der Waals surface area contributed by atoms with E-state index in [0.717, 1.165) is 37.1 Å². The minimum absolute atomic E-state index is 0.0975. The van der Waals surface area contributed by atoms with Gasteiger partial charge in [-0.1, -0.05) is 41.6 Å². The minimum Gasteiger partial charge on any atom is -0.452 e. The number of benzene rings is 2. The Morgan fingerprint density at radius 3 is 2.65 bits per heavy atom. The molecule has 7 nitrogen and oxygen atoms in total. The number of rotatable bonds is 7. The van der Waals surface area contributed by atoms with Crippen LogP contribution in [0.2, 0.25) is 0 Å². The third-order valence-corrected chi connectivity index (χ3v) is 6.16. The monoisotopic (exact) mass is 437 g/mol. The number of thioether (sulfide) groups is 1. The first kappa shape index (κ1) is 21.1. The Hall–Kier alpha value is -3.13. The van der Waals surface area contributed by atoms with Gasteiger partial charge in [-0.25, -0.2) is 4.79 Å². The van der Waals surface area contributed by atoms with E-state index in [0.29, 0.717) is 22.0 Å². The van der Waals surface area contributed by atoms with Gasteiger partial charge in [-0.2, -0.15) is 4.98 Å². The first-order chi connectivity index (χ1) is 15.1. The number of carbonyl (C=O) groups excluding carboxylic acids is 2. The molecule has 0 radical (unpaired) electrons. The molecule has 160 valence electrons. The van der Waals surface area contributed by atoms with E-state index in [1.165, 1.54) is 11.8 Å². The Morgan fingerprint density at radius 1 is 1.10 bits per heavy atom. The molecule has 1 fully saturated rings. The van der Waals surface area contributed by atoms with Crippen LogP contribution in [0.25, 0.3) is 11.4 Å². The van der Waals surface area contributed by atoms with Crippen LogP contribution in [0.15, 0.2) is 57.9 Å². The molecule has 0 spiro atoms. The second-order valence-electron chi connectivity index (χ2n) is 7.28. The Balaban J connectivity index is 1.37. The van der Waals surface area contributed by atoms with Crippen LogP contribution in [-0.4, -0.2) is 45.8 Å². The van der Waals surface area contributed by atoms with E-state index in [9.17, 15) is 9.59 Å². The number of hydrogen-bond donors (Lipinski definition) is 0. The zero-order valence-electron chi connectivity index (χ0n) is 17.2. The fraction of sp³-hybridized carbons (Fsp3) is 0.304. The second kappa shape index (κ2) is 9.78. The van der Waals surface area contributed by atoms with Gasteiger partial charge in [0.25, 0.3) is 5.89 Å². The van der Waals surface area contributed by atoms with Crippen molar-refractivity contribution in [2.24, 2.45) is 0 Å². The highest BCUT2D eigenvalue weighted by Gasteiger charge is 2.20. The summed E-state index contributed by atoms with van der Waals surface area (Å²) in [4.78, 5) is 31.9. The molecule has 1 aliphatic heterocycles. The number of likely N-dealkylation sites (tertiary alicyclic amines) is 1. The van der Waals surface area contributed by atoms with Crippen molar-refractivity contribution in [2.45, 2.75) is 31.3 Å². The van der Waals surface area contributed by atoms with E-state index >= 15 is 0 Å². The first-order valence-electron chi connectivity index (χ1n) is 10.2. The number of amides is 1. The number of carbonyl (C=O) groups is 2. The van der Waals surface area contributed by atoms with E-state index in [2.05, 4.69) is 10.1 Å². The van der Waals surface area contributed by atoms with Gasteiger partial charge in [0, 0.05) is 23.5 Å². The molecule has 1 aromatic heterocycles. The molecule has 1 saturated heterocycles. The number of nitrogens with zero attached hydrogens (tertiary/aromatic N) is 3. The van der Waals surface area contributed by atoms with Crippen LogP contribution in [0.1, 0.15) is 34.7 Å². The molecular weight excluding hydrogens is 414 g/mol. The fourth-order valence-electron chi connectivity index (χ4n) is 3.41. The van der Waals surface area contributed by atoms with Gasteiger partial charge in [0.2, 0.25) is 11.7 Å². The smallest absolute Gasteiger partial charge is 0.339 e. The van der Waals surface area contributed by atoms with Gasteiger partial charge in [-0.3, -0.25) is 4.79 Å². The predicted octanol–water partition coefficient (Wildman–Crippen LogP) is 4.12. The maximum Gasteiger partial charge on any atom is 0.339 e. The molecule has 4 rings (SSSR count). The van der Waals surface area contributed by atoms with Crippen molar-refractivity contribution in [1.82, 2.24) is 15.0 Å². The molecule has 0 N–H and O–H groups in total. The molecule has 0 atom stereocenters. The van der Waals surface area contributed by atoms with Crippen molar-refractivity contribution in [3.63, 3.8) is 0 Å². The van der Waals surface area contributed by atoms with E-state index in [-0.39, 0.29) is 18.4 Å². The van der Waals surface area contributed by atoms with E-state index in [1.807, 2.05) is 48.2 Å². The fourth-order valence-corrected chi connectivity index (χ4v) is 4.35. The van der Waals surface area contributed by atoms with Crippen LogP contribution in [0, 0.1) is 6.92 Å². The highest BCUT2D eigenvalue weighted by molar-refractivity contribution is 8.00. The summed E-state index contributed by atoms with van der Waals surface area (Å²) in [5.41, 5.74) is 2.31. The van der Waals surface area contributed by atoms with Gasteiger partial charge in [-0.05, 0) is 37.5 Å². The molecule has 0 unspecified atom stereocenters. The number of ether oxygens (including phenoxy) is 1. The van der Waals surface area contributed by atoms with Crippen LogP contribution in [0.4, 0.5) is 0 Å². The van der Waals surface area contributed by atoms with Gasteiger partial charge >= 0.3 is 5.97 Å². The standard InChI is InChI=1S/C23H23N3O4S/c1-16-8-2-3-9-17(16)22-24-20(30-25-22)14-29-23(28)18-10-4-5-11-19(18)31-15-21(27)26-12-6-7-13-26/h2-5,8-11H,6-7,12-15H2,1H3. The first-order valence-corrected chi connectivity index (χ1v) is 11.2. The van der Waals surface area contributed by atoms with Gasteiger partial charge in [0.05, 0.1) is 11.3 Å². The molecule has 2 aromatic carbocycles. The van der Waals surface area contributed by atoms with Gasteiger partial charge in [-0.15, -0.1) is 11.8 Å². The lowest BCUT2D eigenvalue weighted by Crippen LogP contribution is -2.29. The predicted molar refractivity (Wildman–Crippen MR) is 117 cm³/mol. The highest BCUT2D eigenvalue weighted by Crippen LogP contribution is 2.25. The summed E-state index contributed by atoms with van der Waals surface area (Å²) in [6, 6.07) is 14.8. The summed E-state index contributed by atoms with van der Waals surface area (Å²) in [7, 11) is 0. The summed E-state index contributed by atoms with van der Waals surface area (Å²) < 4.78 is 10.6. The quantitative estimate of drug-likeness (QED) is 0.406. The lowest BCUT2D eigenvalue weighted by atomic mass is 10.1. The summed E-state index contributed by atoms with van der Waals surface area (Å²) in [6.07, 6.45) is 2.11. The molecule has 3 aromatic rings. The van der Waals surface area contributed by atoms with Crippen LogP contribution in [-0.2, 0) is 16.1 Å². The summed E-state index contributed by atoms with van der Waals surface area (Å²) >= 11 is 1.35. The van der Waals surface area contributed by atoms with E-state index in [4.69, 9.17) is 9.26 Å². The van der Waals surface area contributed by atoms with Crippen molar-refractivity contribution >= 4 is 23.6 Å². The number of hydrogen-bond acceptors (Lipinski definition) is 7. The molecule has 1 aliphatic rings. The van der Waals surface area contributed by atoms with E-state index < -0.39 is 5.97 Å². The number of aromatic nitrogens is 2.